The molecule has 1 unspecified atom stereocenters. The van der Waals surface area contributed by atoms with E-state index in [2.05, 4.69) is 26.2 Å². The molecule has 5 nitrogen and oxygen atoms in total. The van der Waals surface area contributed by atoms with Gasteiger partial charge in [0.2, 0.25) is 5.88 Å². The Morgan fingerprint density at radius 1 is 1.39 bits per heavy atom. The molecule has 0 aliphatic heterocycles. The number of pyridine rings is 1. The van der Waals surface area contributed by atoms with Crippen molar-refractivity contribution in [1.29, 1.82) is 0 Å². The number of rotatable bonds is 6. The fraction of sp³-hybridized carbons (Fsp3) is 0.294. The van der Waals surface area contributed by atoms with Gasteiger partial charge in [-0.25, -0.2) is 4.98 Å². The summed E-state index contributed by atoms with van der Waals surface area (Å²) in [6.45, 7) is 0.466. The van der Waals surface area contributed by atoms with Crippen LogP contribution in [-0.4, -0.2) is 23.5 Å². The molecule has 0 bridgehead atoms. The van der Waals surface area contributed by atoms with Crippen molar-refractivity contribution in [2.75, 3.05) is 6.54 Å². The molecule has 23 heavy (non-hydrogen) atoms. The third kappa shape index (κ3) is 4.30. The Kier molecular flexibility index (Phi) is 4.93. The van der Waals surface area contributed by atoms with Crippen molar-refractivity contribution in [3.8, 4) is 11.6 Å². The molecule has 1 amide bonds. The van der Waals surface area contributed by atoms with Gasteiger partial charge in [0.1, 0.15) is 5.75 Å². The van der Waals surface area contributed by atoms with Crippen LogP contribution >= 0.6 is 15.9 Å². The molecule has 2 aromatic rings. The number of nitrogens with two attached hydrogens (primary N) is 1. The van der Waals surface area contributed by atoms with E-state index < -0.39 is 0 Å². The van der Waals surface area contributed by atoms with Crippen LogP contribution in [0.4, 0.5) is 0 Å². The van der Waals surface area contributed by atoms with Crippen LogP contribution in [0.1, 0.15) is 23.2 Å². The maximum atomic E-state index is 12.2. The molecule has 3 N–H and O–H groups in total. The van der Waals surface area contributed by atoms with Gasteiger partial charge in [-0.2, -0.15) is 0 Å². The van der Waals surface area contributed by atoms with Gasteiger partial charge in [0.15, 0.2) is 0 Å². The van der Waals surface area contributed by atoms with Crippen molar-refractivity contribution < 1.29 is 9.53 Å². The summed E-state index contributed by atoms with van der Waals surface area (Å²) in [5.41, 5.74) is 6.21. The fourth-order valence-corrected chi connectivity index (χ4v) is 2.72. The lowest BCUT2D eigenvalue weighted by Crippen LogP contribution is -2.41. The molecule has 1 aliphatic rings. The number of hydrogen-bond acceptors (Lipinski definition) is 4. The first-order chi connectivity index (χ1) is 11.2. The molecule has 0 saturated heterocycles. The molecule has 0 radical (unpaired) electrons. The first kappa shape index (κ1) is 16.0. The standard InChI is InChI=1S/C17H18BrN3O2/c18-13-2-1-3-14(8-13)23-16-7-6-12(10-20-16)17(22)21-15(9-19)11-4-5-11/h1-3,6-8,10-11,15H,4-5,9,19H2,(H,21,22). The minimum absolute atomic E-state index is 0.0556. The number of amides is 1. The summed E-state index contributed by atoms with van der Waals surface area (Å²) in [4.78, 5) is 16.4. The minimum atomic E-state index is -0.145. The van der Waals surface area contributed by atoms with E-state index in [1.165, 1.54) is 6.20 Å². The van der Waals surface area contributed by atoms with Crippen molar-refractivity contribution in [3.05, 3.63) is 52.6 Å². The van der Waals surface area contributed by atoms with Crippen molar-refractivity contribution in [2.24, 2.45) is 11.7 Å². The summed E-state index contributed by atoms with van der Waals surface area (Å²) in [6, 6.07) is 10.9. The Morgan fingerprint density at radius 3 is 2.83 bits per heavy atom. The number of aromatic nitrogens is 1. The predicted octanol–water partition coefficient (Wildman–Crippen LogP) is 3.10. The Hall–Kier alpha value is -1.92. The van der Waals surface area contributed by atoms with Crippen molar-refractivity contribution in [3.63, 3.8) is 0 Å². The third-order valence-corrected chi connectivity index (χ3v) is 4.27. The predicted molar refractivity (Wildman–Crippen MR) is 91.5 cm³/mol. The summed E-state index contributed by atoms with van der Waals surface area (Å²) < 4.78 is 6.58. The van der Waals surface area contributed by atoms with E-state index in [1.807, 2.05) is 24.3 Å². The van der Waals surface area contributed by atoms with Gasteiger partial charge in [-0.05, 0) is 43.0 Å². The van der Waals surface area contributed by atoms with Crippen LogP contribution < -0.4 is 15.8 Å². The zero-order chi connectivity index (χ0) is 16.2. The number of nitrogens with one attached hydrogen (secondary N) is 1. The molecule has 1 atom stereocenters. The van der Waals surface area contributed by atoms with Crippen LogP contribution in [-0.2, 0) is 0 Å². The van der Waals surface area contributed by atoms with Crippen molar-refractivity contribution in [2.45, 2.75) is 18.9 Å². The maximum Gasteiger partial charge on any atom is 0.253 e. The smallest absolute Gasteiger partial charge is 0.253 e. The second-order valence-electron chi connectivity index (χ2n) is 5.60. The zero-order valence-corrected chi connectivity index (χ0v) is 14.1. The third-order valence-electron chi connectivity index (χ3n) is 3.78. The lowest BCUT2D eigenvalue weighted by molar-refractivity contribution is 0.0933. The quantitative estimate of drug-likeness (QED) is 0.812. The number of halogens is 1. The average molecular weight is 376 g/mol. The van der Waals surface area contributed by atoms with Gasteiger partial charge in [-0.15, -0.1) is 0 Å². The van der Waals surface area contributed by atoms with E-state index >= 15 is 0 Å². The SMILES string of the molecule is NCC(NC(=O)c1ccc(Oc2cccc(Br)c2)nc1)C1CC1. The zero-order valence-electron chi connectivity index (χ0n) is 12.5. The van der Waals surface area contributed by atoms with Gasteiger partial charge in [-0.3, -0.25) is 4.79 Å². The molecule has 3 rings (SSSR count). The molecule has 1 aromatic carbocycles. The van der Waals surface area contributed by atoms with E-state index in [0.29, 0.717) is 29.7 Å². The monoisotopic (exact) mass is 375 g/mol. The molecule has 1 saturated carbocycles. The molecule has 1 heterocycles. The van der Waals surface area contributed by atoms with Gasteiger partial charge in [0.25, 0.3) is 5.91 Å². The van der Waals surface area contributed by atoms with Gasteiger partial charge in [0, 0.05) is 29.3 Å². The first-order valence-electron chi connectivity index (χ1n) is 7.56. The summed E-state index contributed by atoms with van der Waals surface area (Å²) in [5, 5.41) is 2.97. The summed E-state index contributed by atoms with van der Waals surface area (Å²) >= 11 is 3.39. The van der Waals surface area contributed by atoms with Gasteiger partial charge in [0.05, 0.1) is 5.56 Å². The van der Waals surface area contributed by atoms with E-state index in [1.54, 1.807) is 12.1 Å². The average Bonchev–Trinajstić information content (AvgIpc) is 3.38. The first-order valence-corrected chi connectivity index (χ1v) is 8.35. The van der Waals surface area contributed by atoms with Crippen LogP contribution in [0.25, 0.3) is 0 Å². The molecular formula is C17H18BrN3O2. The van der Waals surface area contributed by atoms with Crippen LogP contribution in [0.15, 0.2) is 47.1 Å². The van der Waals surface area contributed by atoms with E-state index in [4.69, 9.17) is 10.5 Å². The highest BCUT2D eigenvalue weighted by atomic mass is 79.9. The number of hydrogen-bond donors (Lipinski definition) is 2. The molecular weight excluding hydrogens is 358 g/mol. The van der Waals surface area contributed by atoms with Gasteiger partial charge < -0.3 is 15.8 Å². The summed E-state index contributed by atoms with van der Waals surface area (Å²) in [7, 11) is 0. The molecule has 1 fully saturated rings. The number of carbonyl (C=O) groups excluding carboxylic acids is 1. The largest absolute Gasteiger partial charge is 0.439 e. The topological polar surface area (TPSA) is 77.2 Å². The minimum Gasteiger partial charge on any atom is -0.439 e. The number of ether oxygens (including phenoxy) is 1. The lowest BCUT2D eigenvalue weighted by Gasteiger charge is -2.15. The van der Waals surface area contributed by atoms with Crippen molar-refractivity contribution >= 4 is 21.8 Å². The van der Waals surface area contributed by atoms with Crippen LogP contribution in [0.3, 0.4) is 0 Å². The number of nitrogens with zero attached hydrogens (tertiary/aromatic N) is 1. The summed E-state index contributed by atoms with van der Waals surface area (Å²) in [5.74, 6) is 1.50. The highest BCUT2D eigenvalue weighted by molar-refractivity contribution is 9.10. The summed E-state index contributed by atoms with van der Waals surface area (Å²) in [6.07, 6.45) is 3.79. The number of carbonyl (C=O) groups is 1. The fourth-order valence-electron chi connectivity index (χ4n) is 2.35. The molecule has 1 aliphatic carbocycles. The highest BCUT2D eigenvalue weighted by Crippen LogP contribution is 2.32. The second-order valence-corrected chi connectivity index (χ2v) is 6.51. The Morgan fingerprint density at radius 2 is 2.22 bits per heavy atom. The number of benzene rings is 1. The Bertz CT molecular complexity index is 686. The lowest BCUT2D eigenvalue weighted by atomic mass is 10.1. The Balaban J connectivity index is 1.63. The molecule has 0 spiro atoms. The van der Waals surface area contributed by atoms with E-state index in [9.17, 15) is 4.79 Å². The normalized spacial score (nSPS) is 15.0. The van der Waals surface area contributed by atoms with Crippen LogP contribution in [0.5, 0.6) is 11.6 Å². The van der Waals surface area contributed by atoms with Crippen molar-refractivity contribution in [1.82, 2.24) is 10.3 Å². The van der Waals surface area contributed by atoms with E-state index in [-0.39, 0.29) is 11.9 Å². The van der Waals surface area contributed by atoms with E-state index in [0.717, 1.165) is 17.3 Å². The van der Waals surface area contributed by atoms with Gasteiger partial charge in [-0.1, -0.05) is 22.0 Å². The van der Waals surface area contributed by atoms with Crippen LogP contribution in [0, 0.1) is 5.92 Å². The van der Waals surface area contributed by atoms with Gasteiger partial charge >= 0.3 is 0 Å². The molecule has 120 valence electrons. The Labute approximate surface area is 143 Å². The highest BCUT2D eigenvalue weighted by Gasteiger charge is 2.31. The molecule has 1 aromatic heterocycles. The second kappa shape index (κ2) is 7.10. The maximum absolute atomic E-state index is 12.2. The molecule has 6 heteroatoms. The van der Waals surface area contributed by atoms with Crippen LogP contribution in [0.2, 0.25) is 0 Å².